The number of rotatable bonds is 0. The molecule has 1 aromatic heterocycles. The third-order valence-electron chi connectivity index (χ3n) is 15.4. The molecule has 1 atom stereocenters. The van der Waals surface area contributed by atoms with E-state index in [1.807, 2.05) is 39.1 Å². The van der Waals surface area contributed by atoms with Crippen molar-refractivity contribution >= 4 is 0 Å². The van der Waals surface area contributed by atoms with Crippen molar-refractivity contribution < 1.29 is 4.39 Å². The first-order valence-corrected chi connectivity index (χ1v) is 28.0. The Morgan fingerprint density at radius 1 is 0.366 bits per heavy atom. The molecule has 2 aliphatic carbocycles. The highest BCUT2D eigenvalue weighted by Crippen LogP contribution is 2.45. The Morgan fingerprint density at radius 2 is 0.718 bits per heavy atom. The van der Waals surface area contributed by atoms with Crippen molar-refractivity contribution in [3.05, 3.63) is 112 Å². The van der Waals surface area contributed by atoms with Crippen LogP contribution < -0.4 is 0 Å². The molecule has 0 saturated heterocycles. The number of benzene rings is 2. The van der Waals surface area contributed by atoms with E-state index in [9.17, 15) is 4.39 Å². The minimum atomic E-state index is -0.125. The van der Waals surface area contributed by atoms with Crippen LogP contribution in [-0.2, 0) is 32.5 Å². The summed E-state index contributed by atoms with van der Waals surface area (Å²) in [4.78, 5) is 4.52. The summed E-state index contributed by atoms with van der Waals surface area (Å²) < 4.78 is 13.9. The van der Waals surface area contributed by atoms with E-state index in [2.05, 4.69) is 234 Å². The summed E-state index contributed by atoms with van der Waals surface area (Å²) in [5, 5.41) is 0. The Kier molecular flexibility index (Phi) is 23.1. The molecule has 2 aliphatic rings. The van der Waals surface area contributed by atoms with Crippen molar-refractivity contribution in [1.29, 1.82) is 0 Å². The van der Waals surface area contributed by atoms with Crippen molar-refractivity contribution in [3.8, 4) is 0 Å². The van der Waals surface area contributed by atoms with Gasteiger partial charge in [-0.3, -0.25) is 4.98 Å². The van der Waals surface area contributed by atoms with E-state index in [4.69, 9.17) is 0 Å². The normalized spacial score (nSPS) is 18.7. The van der Waals surface area contributed by atoms with Crippen molar-refractivity contribution in [2.75, 3.05) is 0 Å². The molecular weight excluding hydrogens is 862 g/mol. The van der Waals surface area contributed by atoms with E-state index in [0.717, 1.165) is 34.6 Å². The number of allylic oxidation sites excluding steroid dienone is 2. The van der Waals surface area contributed by atoms with Crippen LogP contribution in [0.2, 0.25) is 0 Å². The third kappa shape index (κ3) is 23.6. The molecule has 5 rings (SSSR count). The molecule has 0 radical (unpaired) electrons. The first-order chi connectivity index (χ1) is 31.5. The Labute approximate surface area is 443 Å². The fourth-order valence-corrected chi connectivity index (χ4v) is 9.47. The molecule has 1 nitrogen and oxygen atoms in total. The zero-order chi connectivity index (χ0) is 55.8. The van der Waals surface area contributed by atoms with Crippen LogP contribution in [0.3, 0.4) is 0 Å². The molecule has 0 N–H and O–H groups in total. The highest BCUT2D eigenvalue weighted by molar-refractivity contribution is 5.33. The molecule has 0 aliphatic heterocycles. The molecule has 0 bridgehead atoms. The lowest BCUT2D eigenvalue weighted by Gasteiger charge is -2.41. The second-order valence-corrected chi connectivity index (χ2v) is 32.3. The van der Waals surface area contributed by atoms with Gasteiger partial charge in [-0.25, -0.2) is 4.39 Å². The summed E-state index contributed by atoms with van der Waals surface area (Å²) in [6, 6.07) is 18.9. The maximum atomic E-state index is 13.9. The minimum Gasteiger partial charge on any atom is -0.260 e. The molecule has 1 saturated carbocycles. The van der Waals surface area contributed by atoms with Crippen LogP contribution in [-0.4, -0.2) is 4.98 Å². The number of nitrogens with zero attached hydrogens (tertiary/aromatic N) is 1. The zero-order valence-electron chi connectivity index (χ0n) is 52.9. The van der Waals surface area contributed by atoms with Crippen LogP contribution in [0.4, 0.5) is 4.39 Å². The number of hydrogen-bond acceptors (Lipinski definition) is 1. The van der Waals surface area contributed by atoms with Gasteiger partial charge in [-0.1, -0.05) is 262 Å². The summed E-state index contributed by atoms with van der Waals surface area (Å²) in [6.45, 7) is 67.5. The number of halogens is 1. The maximum absolute atomic E-state index is 13.9. The average Bonchev–Trinajstić information content (AvgIpc) is 3.19. The van der Waals surface area contributed by atoms with Gasteiger partial charge in [-0.15, -0.1) is 0 Å². The molecule has 2 heteroatoms. The first-order valence-electron chi connectivity index (χ1n) is 28.0. The van der Waals surface area contributed by atoms with Crippen LogP contribution in [0.5, 0.6) is 0 Å². The third-order valence-corrected chi connectivity index (χ3v) is 15.4. The molecular formula is C69H118FN. The van der Waals surface area contributed by atoms with E-state index < -0.39 is 0 Å². The maximum Gasteiger partial charge on any atom is 0.127 e. The Balaban J connectivity index is 0.000000444. The van der Waals surface area contributed by atoms with Gasteiger partial charge >= 0.3 is 0 Å². The quantitative estimate of drug-likeness (QED) is 0.205. The predicted molar refractivity (Wildman–Crippen MR) is 318 cm³/mol. The van der Waals surface area contributed by atoms with Gasteiger partial charge < -0.3 is 0 Å². The molecule has 0 amide bonds. The molecule has 0 spiro atoms. The minimum absolute atomic E-state index is 0.0112. The van der Waals surface area contributed by atoms with Crippen LogP contribution in [0, 0.1) is 45.2 Å². The van der Waals surface area contributed by atoms with Gasteiger partial charge in [0.1, 0.15) is 5.82 Å². The number of hydrogen-bond donors (Lipinski definition) is 0. The fraction of sp³-hybridized carbons (Fsp3) is 0.725. The van der Waals surface area contributed by atoms with Crippen molar-refractivity contribution in [2.45, 2.75) is 285 Å². The van der Waals surface area contributed by atoms with Crippen LogP contribution in [0.1, 0.15) is 286 Å². The lowest BCUT2D eigenvalue weighted by atomic mass is 9.64. The number of pyridine rings is 1. The highest BCUT2D eigenvalue weighted by Gasteiger charge is 2.34. The zero-order valence-corrected chi connectivity index (χ0v) is 52.9. The molecule has 3 aromatic rings. The van der Waals surface area contributed by atoms with Gasteiger partial charge in [0.2, 0.25) is 0 Å². The van der Waals surface area contributed by atoms with Gasteiger partial charge in [-0.2, -0.15) is 0 Å². The largest absolute Gasteiger partial charge is 0.260 e. The van der Waals surface area contributed by atoms with Gasteiger partial charge in [0.25, 0.3) is 0 Å². The van der Waals surface area contributed by atoms with Crippen molar-refractivity contribution in [1.82, 2.24) is 4.98 Å². The van der Waals surface area contributed by atoms with Gasteiger partial charge in [0.15, 0.2) is 0 Å². The summed E-state index contributed by atoms with van der Waals surface area (Å²) in [5.74, 6) is 2.71. The lowest BCUT2D eigenvalue weighted by Crippen LogP contribution is -2.30. The molecule has 406 valence electrons. The molecule has 1 fully saturated rings. The van der Waals surface area contributed by atoms with E-state index >= 15 is 0 Å². The lowest BCUT2D eigenvalue weighted by molar-refractivity contribution is 0.0970. The van der Waals surface area contributed by atoms with Gasteiger partial charge in [0.05, 0.1) is 0 Å². The smallest absolute Gasteiger partial charge is 0.127 e. The second-order valence-electron chi connectivity index (χ2n) is 32.3. The van der Waals surface area contributed by atoms with Crippen molar-refractivity contribution in [2.24, 2.45) is 39.4 Å². The summed E-state index contributed by atoms with van der Waals surface area (Å²) >= 11 is 0. The van der Waals surface area contributed by atoms with Crippen molar-refractivity contribution in [3.63, 3.8) is 0 Å². The van der Waals surface area contributed by atoms with E-state index in [1.165, 1.54) is 61.6 Å². The second kappa shape index (κ2) is 24.7. The van der Waals surface area contributed by atoms with E-state index in [-0.39, 0.29) is 38.3 Å². The number of aromatic nitrogens is 1. The Hall–Kier alpha value is -2.74. The Bertz CT molecular complexity index is 1870. The van der Waals surface area contributed by atoms with Crippen LogP contribution in [0.25, 0.3) is 0 Å². The van der Waals surface area contributed by atoms with Gasteiger partial charge in [0, 0.05) is 17.3 Å². The van der Waals surface area contributed by atoms with E-state index in [0.29, 0.717) is 21.7 Å². The molecule has 1 unspecified atom stereocenters. The van der Waals surface area contributed by atoms with E-state index in [1.54, 1.807) is 11.6 Å². The van der Waals surface area contributed by atoms with Crippen LogP contribution in [0.15, 0.2) is 72.4 Å². The topological polar surface area (TPSA) is 12.9 Å². The monoisotopic (exact) mass is 980 g/mol. The standard InChI is InChI=1S/C14H21F.C14H28.C14H26.C14H22.C13H21N/c1-13(2,3)10-7-8-11(12(15)9-10)14(4,5)6;3*1-13(2,3)11-7-9-12(10-8-11)14(4,5)6;1-12(2,3)10-7-8-11(14-9-10)13(4,5)6/h7-9H,1-6H3;11-12H,7-10H2,1-6H3;7,12H,8-10H2,1-6H3;7-10H,1-6H3;7-9H,1-6H3. The summed E-state index contributed by atoms with van der Waals surface area (Å²) in [5.41, 5.74) is 11.5. The Morgan fingerprint density at radius 3 is 0.958 bits per heavy atom. The molecule has 1 heterocycles. The molecule has 71 heavy (non-hydrogen) atoms. The summed E-state index contributed by atoms with van der Waals surface area (Å²) in [7, 11) is 0. The highest BCUT2D eigenvalue weighted by atomic mass is 19.1. The average molecular weight is 981 g/mol. The molecule has 2 aromatic carbocycles. The van der Waals surface area contributed by atoms with Crippen LogP contribution >= 0.6 is 0 Å². The first kappa shape index (κ1) is 66.3. The summed E-state index contributed by atoms with van der Waals surface area (Å²) in [6.07, 6.45) is 14.3. The fourth-order valence-electron chi connectivity index (χ4n) is 9.47. The van der Waals surface area contributed by atoms with Gasteiger partial charge in [-0.05, 0) is 151 Å². The predicted octanol–water partition coefficient (Wildman–Crippen LogP) is 22.1. The SMILES string of the molecule is CC(C)(C)C1=CCC(C(C)(C)C)CC1.CC(C)(C)C1CCC(C(C)(C)C)CC1.CC(C)(C)c1ccc(C(C)(C)C)c(F)c1.CC(C)(C)c1ccc(C(C)(C)C)cc1.CC(C)(C)c1ccc(C(C)(C)C)nc1.